The van der Waals surface area contributed by atoms with Gasteiger partial charge in [-0.2, -0.15) is 18.2 Å². The van der Waals surface area contributed by atoms with E-state index in [0.29, 0.717) is 19.2 Å². The summed E-state index contributed by atoms with van der Waals surface area (Å²) in [7, 11) is 0. The highest BCUT2D eigenvalue weighted by molar-refractivity contribution is 5.78. The maximum Gasteiger partial charge on any atom is 0.490 e. The van der Waals surface area contributed by atoms with Crippen LogP contribution in [0.2, 0.25) is 0 Å². The van der Waals surface area contributed by atoms with Crippen LogP contribution in [0.25, 0.3) is 11.3 Å². The minimum atomic E-state index is -5.08. The van der Waals surface area contributed by atoms with Crippen molar-refractivity contribution in [3.8, 4) is 17.0 Å². The van der Waals surface area contributed by atoms with E-state index < -0.39 is 12.1 Å². The first-order valence-corrected chi connectivity index (χ1v) is 14.5. The average molecular weight is 601 g/mol. The zero-order chi connectivity index (χ0) is 30.4. The number of aromatic hydroxyl groups is 1. The number of phenols is 1. The van der Waals surface area contributed by atoms with Crippen molar-refractivity contribution in [2.24, 2.45) is 5.92 Å². The molecule has 0 atom stereocenters. The van der Waals surface area contributed by atoms with Crippen LogP contribution in [0.4, 0.5) is 36.4 Å². The molecule has 3 aliphatic rings. The minimum Gasteiger partial charge on any atom is -0.508 e. The van der Waals surface area contributed by atoms with E-state index in [9.17, 15) is 18.3 Å². The van der Waals surface area contributed by atoms with Crippen LogP contribution in [0.5, 0.6) is 5.75 Å². The molecule has 13 heteroatoms. The lowest BCUT2D eigenvalue weighted by molar-refractivity contribution is -0.192. The highest BCUT2D eigenvalue weighted by Crippen LogP contribution is 2.40. The van der Waals surface area contributed by atoms with Crippen LogP contribution in [0.1, 0.15) is 37.7 Å². The third kappa shape index (κ3) is 7.64. The van der Waals surface area contributed by atoms with Crippen LogP contribution >= 0.6 is 0 Å². The molecule has 2 aliphatic heterocycles. The Morgan fingerprint density at radius 2 is 1.79 bits per heavy atom. The summed E-state index contributed by atoms with van der Waals surface area (Å²) in [6, 6.07) is 11.6. The molecule has 0 bridgehead atoms. The molecule has 3 N–H and O–H groups in total. The number of ether oxygens (including phenoxy) is 1. The summed E-state index contributed by atoms with van der Waals surface area (Å²) in [5, 5.41) is 20.9. The summed E-state index contributed by atoms with van der Waals surface area (Å²) in [5.41, 5.74) is 4.01. The van der Waals surface area contributed by atoms with E-state index in [1.165, 1.54) is 32.1 Å². The van der Waals surface area contributed by atoms with Crippen LogP contribution in [0.3, 0.4) is 0 Å². The number of nitrogens with one attached hydrogen (secondary N) is 1. The zero-order valence-electron chi connectivity index (χ0n) is 23.7. The predicted octanol–water partition coefficient (Wildman–Crippen LogP) is 5.40. The number of aromatic nitrogens is 3. The highest BCUT2D eigenvalue weighted by atomic mass is 19.4. The number of carboxylic acid groups (broad SMARTS) is 1. The molecule has 1 saturated heterocycles. The first kappa shape index (κ1) is 30.3. The maximum absolute atomic E-state index is 10.6. The molecule has 230 valence electrons. The van der Waals surface area contributed by atoms with Crippen molar-refractivity contribution >= 4 is 29.2 Å². The Labute approximate surface area is 247 Å². The molecular weight excluding hydrogens is 565 g/mol. The van der Waals surface area contributed by atoms with Gasteiger partial charge in [-0.3, -0.25) is 0 Å². The van der Waals surface area contributed by atoms with Crippen molar-refractivity contribution in [1.82, 2.24) is 15.0 Å². The van der Waals surface area contributed by atoms with E-state index in [1.807, 2.05) is 18.3 Å². The number of benzene rings is 1. The normalized spacial score (nSPS) is 17.2. The average Bonchev–Trinajstić information content (AvgIpc) is 3.45. The first-order chi connectivity index (χ1) is 20.7. The third-order valence-corrected chi connectivity index (χ3v) is 7.82. The molecule has 2 fully saturated rings. The lowest BCUT2D eigenvalue weighted by Gasteiger charge is -2.28. The zero-order valence-corrected chi connectivity index (χ0v) is 23.7. The minimum absolute atomic E-state index is 0.241. The number of phenolic OH excluding ortho intramolecular Hbond substituents is 1. The van der Waals surface area contributed by atoms with Crippen LogP contribution in [0.15, 0.2) is 42.6 Å². The van der Waals surface area contributed by atoms with Gasteiger partial charge in [-0.05, 0) is 43.4 Å². The smallest absolute Gasteiger partial charge is 0.490 e. The Balaban J connectivity index is 0.000000472. The number of rotatable bonds is 6. The van der Waals surface area contributed by atoms with E-state index in [-0.39, 0.29) is 5.75 Å². The van der Waals surface area contributed by atoms with Crippen molar-refractivity contribution in [3.05, 3.63) is 48.2 Å². The van der Waals surface area contributed by atoms with E-state index in [0.717, 1.165) is 72.7 Å². The lowest BCUT2D eigenvalue weighted by atomic mass is 9.89. The Kier molecular flexibility index (Phi) is 9.49. The SMILES string of the molecule is O=C(O)C(F)(F)F.Oc1cccc(-c2nc(N3CCOCC3)nc3c2CCN3c2ccnc(NCC3CCCCC3)c2)c1. The number of fused-ring (bicyclic) bond motifs is 1. The van der Waals surface area contributed by atoms with Gasteiger partial charge in [-0.15, -0.1) is 0 Å². The fraction of sp³-hybridized carbons (Fsp3) is 0.467. The van der Waals surface area contributed by atoms with Gasteiger partial charge in [-0.25, -0.2) is 14.8 Å². The number of hydrogen-bond donors (Lipinski definition) is 3. The van der Waals surface area contributed by atoms with E-state index in [4.69, 9.17) is 24.6 Å². The fourth-order valence-electron chi connectivity index (χ4n) is 5.62. The monoisotopic (exact) mass is 600 g/mol. The van der Waals surface area contributed by atoms with Crippen molar-refractivity contribution in [2.75, 3.05) is 54.5 Å². The molecule has 4 heterocycles. The molecule has 3 aromatic rings. The van der Waals surface area contributed by atoms with Crippen molar-refractivity contribution < 1.29 is 32.9 Å². The van der Waals surface area contributed by atoms with Crippen LogP contribution in [-0.4, -0.2) is 76.7 Å². The third-order valence-electron chi connectivity index (χ3n) is 7.82. The molecule has 6 rings (SSSR count). The Morgan fingerprint density at radius 1 is 1.05 bits per heavy atom. The number of alkyl halides is 3. The van der Waals surface area contributed by atoms with Gasteiger partial charge < -0.3 is 30.1 Å². The van der Waals surface area contributed by atoms with Gasteiger partial charge in [0.15, 0.2) is 0 Å². The molecule has 0 radical (unpaired) electrons. The van der Waals surface area contributed by atoms with Gasteiger partial charge in [-0.1, -0.05) is 31.4 Å². The Morgan fingerprint density at radius 3 is 2.49 bits per heavy atom. The number of halogens is 3. The molecule has 1 aliphatic carbocycles. The van der Waals surface area contributed by atoms with Gasteiger partial charge in [0.2, 0.25) is 5.95 Å². The van der Waals surface area contributed by atoms with Crippen molar-refractivity contribution in [2.45, 2.75) is 44.7 Å². The van der Waals surface area contributed by atoms with Crippen LogP contribution < -0.4 is 15.1 Å². The molecule has 0 amide bonds. The molecule has 2 aromatic heterocycles. The molecule has 43 heavy (non-hydrogen) atoms. The van der Waals surface area contributed by atoms with Crippen LogP contribution in [0, 0.1) is 5.92 Å². The number of carbonyl (C=O) groups is 1. The quantitative estimate of drug-likeness (QED) is 0.339. The van der Waals surface area contributed by atoms with Gasteiger partial charge in [0.05, 0.1) is 18.9 Å². The summed E-state index contributed by atoms with van der Waals surface area (Å²) >= 11 is 0. The topological polar surface area (TPSA) is 124 Å². The number of hydrogen-bond acceptors (Lipinski definition) is 9. The summed E-state index contributed by atoms with van der Waals surface area (Å²) in [6.07, 6.45) is 4.33. The number of carboxylic acids is 1. The Hall–Kier alpha value is -4.13. The number of pyridine rings is 1. The van der Waals surface area contributed by atoms with E-state index >= 15 is 0 Å². The number of aliphatic carboxylic acids is 1. The van der Waals surface area contributed by atoms with Crippen molar-refractivity contribution in [1.29, 1.82) is 0 Å². The van der Waals surface area contributed by atoms with Gasteiger partial charge >= 0.3 is 12.1 Å². The van der Waals surface area contributed by atoms with Gasteiger partial charge in [0.1, 0.15) is 17.4 Å². The summed E-state index contributed by atoms with van der Waals surface area (Å²) in [4.78, 5) is 28.0. The van der Waals surface area contributed by atoms with E-state index in [1.54, 1.807) is 12.1 Å². The second-order valence-electron chi connectivity index (χ2n) is 10.8. The summed E-state index contributed by atoms with van der Waals surface area (Å²) in [6.45, 7) is 4.69. The largest absolute Gasteiger partial charge is 0.508 e. The standard InChI is InChI=1S/C28H34N6O2.C2HF3O2/c35-23-8-4-7-21(17-23)26-24-10-12-34(27(24)32-28(31-26)33-13-15-36-16-14-33)22-9-11-29-25(18-22)30-19-20-5-2-1-3-6-20;3-2(4,5)1(6)7/h4,7-9,11,17-18,20,35H,1-3,5-6,10,12-16,19H2,(H,29,30);(H,6,7). The maximum atomic E-state index is 10.6. The molecule has 0 unspecified atom stereocenters. The number of morpholine rings is 1. The van der Waals surface area contributed by atoms with Gasteiger partial charge in [0.25, 0.3) is 0 Å². The summed E-state index contributed by atoms with van der Waals surface area (Å²) in [5.74, 6) is 0.798. The first-order valence-electron chi connectivity index (χ1n) is 14.5. The second-order valence-corrected chi connectivity index (χ2v) is 10.8. The highest BCUT2D eigenvalue weighted by Gasteiger charge is 2.38. The molecule has 10 nitrogen and oxygen atoms in total. The van der Waals surface area contributed by atoms with E-state index in [2.05, 4.69) is 32.2 Å². The number of anilines is 4. The summed E-state index contributed by atoms with van der Waals surface area (Å²) < 4.78 is 37.3. The number of nitrogens with zero attached hydrogens (tertiary/aromatic N) is 5. The predicted molar refractivity (Wildman–Crippen MR) is 156 cm³/mol. The molecule has 0 spiro atoms. The van der Waals surface area contributed by atoms with Gasteiger partial charge in [0, 0.05) is 55.3 Å². The molecular formula is C30H35F3N6O4. The molecule has 1 saturated carbocycles. The lowest BCUT2D eigenvalue weighted by Crippen LogP contribution is -2.37. The van der Waals surface area contributed by atoms with Crippen LogP contribution in [-0.2, 0) is 16.0 Å². The Bertz CT molecular complexity index is 1410. The second kappa shape index (κ2) is 13.4. The fourth-order valence-corrected chi connectivity index (χ4v) is 5.62. The molecule has 1 aromatic carbocycles. The van der Waals surface area contributed by atoms with Crippen molar-refractivity contribution in [3.63, 3.8) is 0 Å².